The highest BCUT2D eigenvalue weighted by Gasteiger charge is 2.42. The second-order valence-corrected chi connectivity index (χ2v) is 16.7. The average molecular weight is 751 g/mol. The van der Waals surface area contributed by atoms with Gasteiger partial charge in [-0.15, -0.1) is 0 Å². The van der Waals surface area contributed by atoms with Crippen molar-refractivity contribution in [3.8, 4) is 33.6 Å². The van der Waals surface area contributed by atoms with Crippen molar-refractivity contribution in [3.05, 3.63) is 156 Å². The Kier molecular flexibility index (Phi) is 7.17. The number of hydrogen-bond acceptors (Lipinski definition) is 4. The third kappa shape index (κ3) is 4.54. The van der Waals surface area contributed by atoms with Gasteiger partial charge in [-0.3, -0.25) is 19.9 Å². The molecule has 4 aromatic carbocycles. The second-order valence-electron chi connectivity index (χ2n) is 16.7. The lowest BCUT2D eigenvalue weighted by Crippen LogP contribution is -2.24. The van der Waals surface area contributed by atoms with Gasteiger partial charge in [-0.05, 0) is 147 Å². The molecule has 3 aliphatic rings. The molecular formula is C52H42N6. The van der Waals surface area contributed by atoms with Crippen molar-refractivity contribution in [2.75, 3.05) is 6.54 Å². The van der Waals surface area contributed by atoms with Gasteiger partial charge < -0.3 is 9.13 Å². The number of dihydropyridines is 1. The fourth-order valence-corrected chi connectivity index (χ4v) is 10.8. The summed E-state index contributed by atoms with van der Waals surface area (Å²) in [5, 5.41) is 5.17. The van der Waals surface area contributed by atoms with Gasteiger partial charge in [-0.2, -0.15) is 0 Å². The summed E-state index contributed by atoms with van der Waals surface area (Å²) in [5.41, 5.74) is 20.6. The van der Waals surface area contributed by atoms with E-state index in [0.29, 0.717) is 11.8 Å². The van der Waals surface area contributed by atoms with Gasteiger partial charge in [0.2, 0.25) is 0 Å². The van der Waals surface area contributed by atoms with Crippen LogP contribution in [0.15, 0.2) is 133 Å². The number of rotatable bonds is 4. The van der Waals surface area contributed by atoms with Crippen LogP contribution in [0.5, 0.6) is 0 Å². The van der Waals surface area contributed by atoms with Crippen molar-refractivity contribution >= 4 is 55.4 Å². The number of benzene rings is 4. The summed E-state index contributed by atoms with van der Waals surface area (Å²) in [6.07, 6.45) is 16.9. The van der Waals surface area contributed by atoms with E-state index in [2.05, 4.69) is 142 Å². The summed E-state index contributed by atoms with van der Waals surface area (Å²) in [7, 11) is 0. The number of fused-ring (bicyclic) bond motifs is 8. The molecule has 6 nitrogen and oxygen atoms in total. The molecule has 9 aromatic rings. The molecule has 6 heterocycles. The summed E-state index contributed by atoms with van der Waals surface area (Å²) in [6, 6.07) is 31.8. The lowest BCUT2D eigenvalue weighted by Gasteiger charge is -2.42. The third-order valence-corrected chi connectivity index (χ3v) is 13.9. The van der Waals surface area contributed by atoms with Gasteiger partial charge in [0.1, 0.15) is 0 Å². The first-order valence-electron chi connectivity index (χ1n) is 20.7. The maximum atomic E-state index is 4.65. The van der Waals surface area contributed by atoms with Gasteiger partial charge in [0, 0.05) is 64.7 Å². The monoisotopic (exact) mass is 750 g/mol. The minimum atomic E-state index is 0.223. The summed E-state index contributed by atoms with van der Waals surface area (Å²) in [6.45, 7) is 10.7. The van der Waals surface area contributed by atoms with E-state index in [0.717, 1.165) is 29.9 Å². The highest BCUT2D eigenvalue weighted by atomic mass is 15.0. The largest absolute Gasteiger partial charge is 0.307 e. The summed E-state index contributed by atoms with van der Waals surface area (Å²) >= 11 is 0. The Bertz CT molecular complexity index is 3230. The van der Waals surface area contributed by atoms with E-state index in [1.54, 1.807) is 0 Å². The standard InChI is InChI=1S/C52H42N6/c1-29-30(2)40-24-44-42-22-34(36-10-6-18-54-26-36)14-16-46(42)58(38-12-8-20-56-28-38)52(44)48-32(4)31(3)47-49(50(40)48)39(29)23-43-41-21-33(35-9-5-17-53-25-35)13-15-45(41)57(51(43)47)37-11-7-19-55-27-37/h5,7-17,19-32H,6,18H2,1-4H3. The Labute approximate surface area is 337 Å². The van der Waals surface area contributed by atoms with E-state index < -0.39 is 0 Å². The number of aliphatic imine (C=N–C) groups is 1. The van der Waals surface area contributed by atoms with E-state index in [9.17, 15) is 0 Å². The molecule has 0 saturated heterocycles. The molecule has 0 saturated carbocycles. The van der Waals surface area contributed by atoms with Crippen molar-refractivity contribution in [3.63, 3.8) is 0 Å². The van der Waals surface area contributed by atoms with Gasteiger partial charge in [0.05, 0.1) is 45.8 Å². The number of aromatic nitrogens is 5. The first kappa shape index (κ1) is 33.5. The first-order valence-corrected chi connectivity index (χ1v) is 20.7. The zero-order valence-corrected chi connectivity index (χ0v) is 33.1. The molecule has 1 aliphatic heterocycles. The van der Waals surface area contributed by atoms with Crippen LogP contribution in [0.4, 0.5) is 0 Å². The van der Waals surface area contributed by atoms with Crippen molar-refractivity contribution in [1.82, 2.24) is 24.1 Å². The average Bonchev–Trinajstić information content (AvgIpc) is 3.79. The van der Waals surface area contributed by atoms with Crippen LogP contribution < -0.4 is 0 Å². The van der Waals surface area contributed by atoms with Crippen LogP contribution in [0.2, 0.25) is 0 Å². The van der Waals surface area contributed by atoms with Gasteiger partial charge >= 0.3 is 0 Å². The number of pyridine rings is 3. The molecule has 0 spiro atoms. The Morgan fingerprint density at radius 3 is 1.55 bits per heavy atom. The maximum Gasteiger partial charge on any atom is 0.0645 e. The first-order chi connectivity index (χ1) is 28.5. The van der Waals surface area contributed by atoms with Crippen LogP contribution in [0.25, 0.3) is 82.8 Å². The van der Waals surface area contributed by atoms with E-state index in [4.69, 9.17) is 0 Å². The van der Waals surface area contributed by atoms with Crippen molar-refractivity contribution < 1.29 is 0 Å². The molecular weight excluding hydrogens is 709 g/mol. The van der Waals surface area contributed by atoms with Crippen LogP contribution in [-0.4, -0.2) is 36.8 Å². The maximum absolute atomic E-state index is 4.65. The predicted molar refractivity (Wildman–Crippen MR) is 239 cm³/mol. The summed E-state index contributed by atoms with van der Waals surface area (Å²) in [5.74, 6) is 1.09. The zero-order chi connectivity index (χ0) is 38.8. The normalized spacial score (nSPS) is 19.6. The Hall–Kier alpha value is -6.66. The highest BCUT2D eigenvalue weighted by Crippen LogP contribution is 2.61. The number of hydrogen-bond donors (Lipinski definition) is 0. The van der Waals surface area contributed by atoms with Crippen molar-refractivity contribution in [2.24, 2.45) is 4.99 Å². The van der Waals surface area contributed by atoms with E-state index >= 15 is 0 Å². The van der Waals surface area contributed by atoms with Crippen LogP contribution >= 0.6 is 0 Å². The molecule has 5 aromatic heterocycles. The third-order valence-electron chi connectivity index (χ3n) is 13.9. The molecule has 2 aliphatic carbocycles. The van der Waals surface area contributed by atoms with Crippen molar-refractivity contribution in [2.45, 2.75) is 57.8 Å². The lowest BCUT2D eigenvalue weighted by molar-refractivity contribution is 0.584. The molecule has 12 rings (SSSR count). The minimum absolute atomic E-state index is 0.223. The zero-order valence-electron chi connectivity index (χ0n) is 33.1. The summed E-state index contributed by atoms with van der Waals surface area (Å²) < 4.78 is 4.99. The summed E-state index contributed by atoms with van der Waals surface area (Å²) in [4.78, 5) is 18.4. The Balaban J connectivity index is 1.23. The lowest BCUT2D eigenvalue weighted by atomic mass is 9.62. The SMILES string of the molecule is CC1c2cc3c4cc(C5=CCCN=C5)ccc4n(-c4cccnc4)c3c3c2-c2c(cc4c5cc(-c6cccnc6)ccc5n(-c5cccnc5)c4c2C(C)C3C)C1C. The van der Waals surface area contributed by atoms with E-state index in [-0.39, 0.29) is 11.8 Å². The fourth-order valence-electron chi connectivity index (χ4n) is 10.8. The molecule has 4 atom stereocenters. The van der Waals surface area contributed by atoms with Crippen LogP contribution in [-0.2, 0) is 0 Å². The molecule has 4 unspecified atom stereocenters. The molecule has 0 N–H and O–H groups in total. The molecule has 0 fully saturated rings. The molecule has 280 valence electrons. The predicted octanol–water partition coefficient (Wildman–Crippen LogP) is 12.7. The van der Waals surface area contributed by atoms with Crippen LogP contribution in [0.1, 0.15) is 85.6 Å². The minimum Gasteiger partial charge on any atom is -0.307 e. The smallest absolute Gasteiger partial charge is 0.0645 e. The second kappa shape index (κ2) is 12.4. The topological polar surface area (TPSA) is 60.9 Å². The molecule has 6 heteroatoms. The number of nitrogens with zero attached hydrogens (tertiary/aromatic N) is 6. The van der Waals surface area contributed by atoms with Crippen molar-refractivity contribution in [1.29, 1.82) is 0 Å². The Morgan fingerprint density at radius 2 is 1.05 bits per heavy atom. The fraction of sp³-hybridized carbons (Fsp3) is 0.192. The quantitative estimate of drug-likeness (QED) is 0.180. The van der Waals surface area contributed by atoms with Gasteiger partial charge in [-0.1, -0.05) is 52.0 Å². The molecule has 0 radical (unpaired) electrons. The number of allylic oxidation sites excluding steroid dienone is 1. The van der Waals surface area contributed by atoms with E-state index in [1.807, 2.05) is 49.5 Å². The highest BCUT2D eigenvalue weighted by molar-refractivity contribution is 6.18. The molecule has 0 bridgehead atoms. The van der Waals surface area contributed by atoms with Gasteiger partial charge in [0.15, 0.2) is 0 Å². The van der Waals surface area contributed by atoms with Gasteiger partial charge in [0.25, 0.3) is 0 Å². The van der Waals surface area contributed by atoms with Crippen LogP contribution in [0, 0.1) is 0 Å². The van der Waals surface area contributed by atoms with Gasteiger partial charge in [-0.25, -0.2) is 0 Å². The molecule has 58 heavy (non-hydrogen) atoms. The molecule has 0 amide bonds. The Morgan fingerprint density at radius 1 is 0.517 bits per heavy atom. The van der Waals surface area contributed by atoms with Crippen LogP contribution in [0.3, 0.4) is 0 Å². The van der Waals surface area contributed by atoms with E-state index in [1.165, 1.54) is 93.7 Å².